The Labute approximate surface area is 157 Å². The quantitative estimate of drug-likeness (QED) is 0.791. The van der Waals surface area contributed by atoms with Crippen molar-refractivity contribution >= 4 is 29.2 Å². The summed E-state index contributed by atoms with van der Waals surface area (Å²) in [7, 11) is 1.87. The number of amides is 4. The predicted molar refractivity (Wildman–Crippen MR) is 103 cm³/mol. The number of fused-ring (bicyclic) bond motifs is 1. The van der Waals surface area contributed by atoms with E-state index < -0.39 is 23.3 Å². The first-order valence-corrected chi connectivity index (χ1v) is 8.90. The van der Waals surface area contributed by atoms with E-state index in [1.807, 2.05) is 56.1 Å². The van der Waals surface area contributed by atoms with Crippen LogP contribution in [-0.2, 0) is 16.0 Å². The predicted octanol–water partition coefficient (Wildman–Crippen LogP) is 2.57. The van der Waals surface area contributed by atoms with E-state index in [0.29, 0.717) is 5.69 Å². The zero-order chi connectivity index (χ0) is 19.3. The second-order valence-electron chi connectivity index (χ2n) is 7.43. The highest BCUT2D eigenvalue weighted by molar-refractivity contribution is 6.30. The number of urea groups is 1. The fourth-order valence-corrected chi connectivity index (χ4v) is 4.10. The SMILES string of the molecule is Cc1ccc2c(c1)C[C@@]1(CN2C)C(=O)NC(=O)N(c2ccccc2C)C1=O. The number of para-hydroxylation sites is 1. The number of aryl methyl sites for hydroxylation is 2. The summed E-state index contributed by atoms with van der Waals surface area (Å²) < 4.78 is 0. The molecule has 1 saturated heterocycles. The van der Waals surface area contributed by atoms with Crippen LogP contribution in [0.5, 0.6) is 0 Å². The number of imide groups is 2. The van der Waals surface area contributed by atoms with Crippen LogP contribution < -0.4 is 15.1 Å². The van der Waals surface area contributed by atoms with Crippen molar-refractivity contribution < 1.29 is 14.4 Å². The Morgan fingerprint density at radius 3 is 2.48 bits per heavy atom. The van der Waals surface area contributed by atoms with Crippen LogP contribution in [0.15, 0.2) is 42.5 Å². The average molecular weight is 363 g/mol. The van der Waals surface area contributed by atoms with Gasteiger partial charge in [0.1, 0.15) is 0 Å². The molecule has 4 amide bonds. The van der Waals surface area contributed by atoms with Crippen LogP contribution in [0.3, 0.4) is 0 Å². The Kier molecular flexibility index (Phi) is 3.80. The van der Waals surface area contributed by atoms with Gasteiger partial charge in [0.25, 0.3) is 5.91 Å². The van der Waals surface area contributed by atoms with E-state index in [9.17, 15) is 14.4 Å². The normalized spacial score (nSPS) is 22.1. The molecular formula is C21H21N3O3. The first-order chi connectivity index (χ1) is 12.8. The number of hydrogen-bond donors (Lipinski definition) is 1. The maximum Gasteiger partial charge on any atom is 0.335 e. The van der Waals surface area contributed by atoms with Gasteiger partial charge >= 0.3 is 6.03 Å². The van der Waals surface area contributed by atoms with Crippen LogP contribution >= 0.6 is 0 Å². The highest BCUT2D eigenvalue weighted by atomic mass is 16.2. The number of nitrogens with zero attached hydrogens (tertiary/aromatic N) is 2. The first kappa shape index (κ1) is 17.3. The summed E-state index contributed by atoms with van der Waals surface area (Å²) in [4.78, 5) is 42.0. The second kappa shape index (κ2) is 5.94. The standard InChI is InChI=1S/C21H21N3O3/c1-13-8-9-17-15(10-13)11-21(12-23(17)3)18(25)22-20(27)24(19(21)26)16-7-5-4-6-14(16)2/h4-10H,11-12H2,1-3H3,(H,22,25,27)/t21-/m1/s1. The average Bonchev–Trinajstić information content (AvgIpc) is 2.61. The molecule has 6 nitrogen and oxygen atoms in total. The highest BCUT2D eigenvalue weighted by Crippen LogP contribution is 2.40. The van der Waals surface area contributed by atoms with Gasteiger partial charge in [-0.15, -0.1) is 0 Å². The fourth-order valence-electron chi connectivity index (χ4n) is 4.10. The second-order valence-corrected chi connectivity index (χ2v) is 7.43. The molecule has 0 aromatic heterocycles. The van der Waals surface area contributed by atoms with Gasteiger partial charge in [0, 0.05) is 19.3 Å². The van der Waals surface area contributed by atoms with Crippen molar-refractivity contribution in [2.24, 2.45) is 5.41 Å². The Hall–Kier alpha value is -3.15. The topological polar surface area (TPSA) is 69.7 Å². The molecule has 1 fully saturated rings. The van der Waals surface area contributed by atoms with Gasteiger partial charge in [0.05, 0.1) is 5.69 Å². The lowest BCUT2D eigenvalue weighted by atomic mass is 9.74. The molecule has 2 aliphatic rings. The molecule has 0 bridgehead atoms. The van der Waals surface area contributed by atoms with Crippen LogP contribution in [0.4, 0.5) is 16.2 Å². The summed E-state index contributed by atoms with van der Waals surface area (Å²) in [6.07, 6.45) is 0.273. The number of barbiturate groups is 1. The van der Waals surface area contributed by atoms with E-state index >= 15 is 0 Å². The number of anilines is 2. The minimum absolute atomic E-state index is 0.226. The van der Waals surface area contributed by atoms with E-state index in [2.05, 4.69) is 5.32 Å². The van der Waals surface area contributed by atoms with Crippen molar-refractivity contribution in [2.75, 3.05) is 23.4 Å². The van der Waals surface area contributed by atoms with Crippen molar-refractivity contribution in [1.29, 1.82) is 0 Å². The Morgan fingerprint density at radius 2 is 1.74 bits per heavy atom. The van der Waals surface area contributed by atoms with Crippen LogP contribution in [0.1, 0.15) is 16.7 Å². The summed E-state index contributed by atoms with van der Waals surface area (Å²) in [5.74, 6) is -0.995. The van der Waals surface area contributed by atoms with Crippen LogP contribution in [0.2, 0.25) is 0 Å². The molecular weight excluding hydrogens is 342 g/mol. The molecule has 0 saturated carbocycles. The maximum atomic E-state index is 13.5. The van der Waals surface area contributed by atoms with E-state index in [1.165, 1.54) is 0 Å². The van der Waals surface area contributed by atoms with Crippen molar-refractivity contribution in [3.63, 3.8) is 0 Å². The van der Waals surface area contributed by atoms with Gasteiger partial charge in [-0.05, 0) is 43.5 Å². The minimum atomic E-state index is -1.33. The zero-order valence-corrected chi connectivity index (χ0v) is 15.6. The molecule has 1 N–H and O–H groups in total. The van der Waals surface area contributed by atoms with Gasteiger partial charge < -0.3 is 4.90 Å². The third kappa shape index (κ3) is 2.51. The molecule has 2 aromatic carbocycles. The van der Waals surface area contributed by atoms with E-state index in [0.717, 1.165) is 27.3 Å². The zero-order valence-electron chi connectivity index (χ0n) is 15.6. The number of carbonyl (C=O) groups is 3. The lowest BCUT2D eigenvalue weighted by Gasteiger charge is -2.45. The summed E-state index contributed by atoms with van der Waals surface area (Å²) in [6.45, 7) is 4.04. The summed E-state index contributed by atoms with van der Waals surface area (Å²) in [5, 5.41) is 2.41. The molecule has 0 radical (unpaired) electrons. The third-order valence-corrected chi connectivity index (χ3v) is 5.47. The molecule has 4 rings (SSSR count). The summed E-state index contributed by atoms with van der Waals surface area (Å²) in [5.41, 5.74) is 2.98. The fraction of sp³-hybridized carbons (Fsp3) is 0.286. The van der Waals surface area contributed by atoms with E-state index in [1.54, 1.807) is 12.1 Å². The minimum Gasteiger partial charge on any atom is -0.373 e. The molecule has 0 aliphatic carbocycles. The highest BCUT2D eigenvalue weighted by Gasteiger charge is 2.56. The molecule has 2 aliphatic heterocycles. The van der Waals surface area contributed by atoms with Gasteiger partial charge in [0.15, 0.2) is 5.41 Å². The van der Waals surface area contributed by atoms with Crippen molar-refractivity contribution in [2.45, 2.75) is 20.3 Å². The number of rotatable bonds is 1. The number of benzene rings is 2. The molecule has 2 aromatic rings. The maximum absolute atomic E-state index is 13.5. The van der Waals surface area contributed by atoms with Crippen molar-refractivity contribution in [3.8, 4) is 0 Å². The van der Waals surface area contributed by atoms with Crippen LogP contribution in [0.25, 0.3) is 0 Å². The first-order valence-electron chi connectivity index (χ1n) is 8.90. The van der Waals surface area contributed by atoms with Gasteiger partial charge in [-0.3, -0.25) is 14.9 Å². The van der Waals surface area contributed by atoms with Gasteiger partial charge in [0.2, 0.25) is 5.91 Å². The molecule has 2 heterocycles. The largest absolute Gasteiger partial charge is 0.373 e. The molecule has 27 heavy (non-hydrogen) atoms. The Balaban J connectivity index is 1.83. The van der Waals surface area contributed by atoms with Crippen LogP contribution in [0, 0.1) is 19.3 Å². The molecule has 0 unspecified atom stereocenters. The molecule has 1 atom stereocenters. The summed E-state index contributed by atoms with van der Waals surface area (Å²) in [6, 6.07) is 12.5. The third-order valence-electron chi connectivity index (χ3n) is 5.47. The van der Waals surface area contributed by atoms with E-state index in [4.69, 9.17) is 0 Å². The molecule has 138 valence electrons. The Bertz CT molecular complexity index is 984. The smallest absolute Gasteiger partial charge is 0.335 e. The van der Waals surface area contributed by atoms with Gasteiger partial charge in [-0.2, -0.15) is 0 Å². The molecule has 6 heteroatoms. The van der Waals surface area contributed by atoms with Gasteiger partial charge in [-0.1, -0.05) is 35.9 Å². The van der Waals surface area contributed by atoms with Crippen molar-refractivity contribution in [3.05, 3.63) is 59.2 Å². The van der Waals surface area contributed by atoms with E-state index in [-0.39, 0.29) is 13.0 Å². The van der Waals surface area contributed by atoms with Crippen molar-refractivity contribution in [1.82, 2.24) is 5.32 Å². The summed E-state index contributed by atoms with van der Waals surface area (Å²) >= 11 is 0. The number of carbonyl (C=O) groups excluding carboxylic acids is 3. The Morgan fingerprint density at radius 1 is 1.00 bits per heavy atom. The monoisotopic (exact) mass is 363 g/mol. The lowest BCUT2D eigenvalue weighted by molar-refractivity contribution is -0.142. The van der Waals surface area contributed by atoms with Crippen LogP contribution in [-0.4, -0.2) is 31.4 Å². The van der Waals surface area contributed by atoms with Gasteiger partial charge in [-0.25, -0.2) is 9.69 Å². The molecule has 1 spiro atoms. The lowest BCUT2D eigenvalue weighted by Crippen LogP contribution is -2.68. The number of hydrogen-bond acceptors (Lipinski definition) is 4. The number of nitrogens with one attached hydrogen (secondary N) is 1.